The van der Waals surface area contributed by atoms with Crippen molar-refractivity contribution in [2.45, 2.75) is 0 Å². The Hall–Kier alpha value is -6.92. The summed E-state index contributed by atoms with van der Waals surface area (Å²) in [6, 6.07) is 67.6. The first-order valence-electron chi connectivity index (χ1n) is 19.1. The number of nitrogens with zero attached hydrogens (tertiary/aromatic N) is 3. The molecule has 8 aromatic carbocycles. The first-order valence-corrected chi connectivity index (χ1v) is 20.8. The molecule has 0 aliphatic rings. The smallest absolute Gasteiger partial charge is 0.161 e. The summed E-state index contributed by atoms with van der Waals surface area (Å²) in [6.45, 7) is 0. The topological polar surface area (TPSA) is 30.7 Å². The van der Waals surface area contributed by atoms with Crippen molar-refractivity contribution in [2.24, 2.45) is 0 Å². The van der Waals surface area contributed by atoms with Gasteiger partial charge in [0.1, 0.15) is 0 Å². The van der Waals surface area contributed by atoms with Crippen LogP contribution in [0.25, 0.3) is 113 Å². The van der Waals surface area contributed by atoms with E-state index in [0.717, 1.165) is 39.6 Å². The monoisotopic (exact) mass is 761 g/mol. The summed E-state index contributed by atoms with van der Waals surface area (Å²) < 4.78 is 7.43. The predicted octanol–water partition coefficient (Wildman–Crippen LogP) is 15.0. The third kappa shape index (κ3) is 5.17. The molecule has 0 saturated carbocycles. The Bertz CT molecular complexity index is 3500. The summed E-state index contributed by atoms with van der Waals surface area (Å²) in [5.74, 6) is 0.725. The van der Waals surface area contributed by atoms with Crippen LogP contribution in [0.3, 0.4) is 0 Å². The number of para-hydroxylation sites is 2. The van der Waals surface area contributed by atoms with Crippen LogP contribution in [0.2, 0.25) is 0 Å². The minimum absolute atomic E-state index is 0.725. The number of fused-ring (bicyclic) bond motifs is 10. The zero-order valence-electron chi connectivity index (χ0n) is 30.6. The molecule has 0 unspecified atom stereocenters. The molecule has 12 rings (SSSR count). The van der Waals surface area contributed by atoms with Gasteiger partial charge in [0.2, 0.25) is 0 Å². The van der Waals surface area contributed by atoms with E-state index in [1.54, 1.807) is 0 Å². The molecule has 0 radical (unpaired) electrons. The maximum Gasteiger partial charge on any atom is 0.161 e. The van der Waals surface area contributed by atoms with E-state index >= 15 is 0 Å². The highest BCUT2D eigenvalue weighted by molar-refractivity contribution is 7.27. The van der Waals surface area contributed by atoms with Crippen LogP contribution in [0.5, 0.6) is 0 Å². The first-order chi connectivity index (χ1) is 28.2. The van der Waals surface area contributed by atoms with Crippen LogP contribution >= 0.6 is 22.7 Å². The van der Waals surface area contributed by atoms with Crippen LogP contribution in [-0.2, 0) is 0 Å². The fourth-order valence-corrected chi connectivity index (χ4v) is 11.0. The van der Waals surface area contributed by atoms with E-state index in [4.69, 9.17) is 9.97 Å². The molecule has 0 N–H and O–H groups in total. The molecule has 4 aromatic heterocycles. The predicted molar refractivity (Wildman–Crippen MR) is 244 cm³/mol. The lowest BCUT2D eigenvalue weighted by molar-refractivity contribution is 1.19. The zero-order valence-corrected chi connectivity index (χ0v) is 32.2. The first kappa shape index (κ1) is 32.3. The Morgan fingerprint density at radius 2 is 0.965 bits per heavy atom. The summed E-state index contributed by atoms with van der Waals surface area (Å²) >= 11 is 3.68. The molecule has 4 heterocycles. The molecule has 0 aliphatic heterocycles. The number of aromatic nitrogens is 3. The van der Waals surface area contributed by atoms with E-state index in [1.165, 1.54) is 73.3 Å². The molecule has 3 nitrogen and oxygen atoms in total. The quantitative estimate of drug-likeness (QED) is 0.175. The molecule has 0 atom stereocenters. The second kappa shape index (κ2) is 12.8. The van der Waals surface area contributed by atoms with Crippen molar-refractivity contribution in [3.05, 3.63) is 188 Å². The summed E-state index contributed by atoms with van der Waals surface area (Å²) in [5, 5.41) is 7.54. The van der Waals surface area contributed by atoms with E-state index in [1.807, 2.05) is 22.7 Å². The SMILES string of the molecule is c1ccc(-c2ccc(-c3cc(-c4ccc5c(c4)sc4ccccc45)nc(-c4cccc5c4sc4c5ccc5c6ccccc6n(-c6ccccc6)c54)n3)cc2)cc1. The minimum Gasteiger partial charge on any atom is -0.308 e. The Morgan fingerprint density at radius 1 is 0.368 bits per heavy atom. The highest BCUT2D eigenvalue weighted by Crippen LogP contribution is 2.46. The van der Waals surface area contributed by atoms with Gasteiger partial charge < -0.3 is 4.57 Å². The van der Waals surface area contributed by atoms with E-state index in [9.17, 15) is 0 Å². The van der Waals surface area contributed by atoms with Gasteiger partial charge in [-0.2, -0.15) is 0 Å². The van der Waals surface area contributed by atoms with Crippen LogP contribution in [0.4, 0.5) is 0 Å². The fraction of sp³-hybridized carbons (Fsp3) is 0. The average molecular weight is 762 g/mol. The molecule has 12 aromatic rings. The largest absolute Gasteiger partial charge is 0.308 e. The Kier molecular flexibility index (Phi) is 7.27. The van der Waals surface area contributed by atoms with E-state index in [2.05, 4.69) is 193 Å². The van der Waals surface area contributed by atoms with Gasteiger partial charge in [0, 0.05) is 68.8 Å². The maximum atomic E-state index is 5.40. The second-order valence-corrected chi connectivity index (χ2v) is 16.6. The summed E-state index contributed by atoms with van der Waals surface area (Å²) in [7, 11) is 0. The third-order valence-corrected chi connectivity index (χ3v) is 13.6. The van der Waals surface area contributed by atoms with Gasteiger partial charge in [-0.3, -0.25) is 0 Å². The molecule has 57 heavy (non-hydrogen) atoms. The fourth-order valence-electron chi connectivity index (χ4n) is 8.54. The minimum atomic E-state index is 0.725. The molecular formula is C52H31N3S2. The second-order valence-electron chi connectivity index (χ2n) is 14.5. The van der Waals surface area contributed by atoms with Crippen molar-refractivity contribution in [1.29, 1.82) is 0 Å². The number of thiophene rings is 2. The normalized spacial score (nSPS) is 11.9. The maximum absolute atomic E-state index is 5.40. The van der Waals surface area contributed by atoms with Gasteiger partial charge in [-0.1, -0.05) is 146 Å². The van der Waals surface area contributed by atoms with Crippen LogP contribution in [0.15, 0.2) is 188 Å². The number of rotatable bonds is 5. The molecule has 0 saturated heterocycles. The van der Waals surface area contributed by atoms with E-state index < -0.39 is 0 Å². The van der Waals surface area contributed by atoms with Crippen LogP contribution in [-0.4, -0.2) is 14.5 Å². The van der Waals surface area contributed by atoms with Crippen molar-refractivity contribution in [2.75, 3.05) is 0 Å². The number of benzene rings is 8. The highest BCUT2D eigenvalue weighted by atomic mass is 32.1. The standard InChI is InChI=1S/C52H31N3S2/c1-3-12-32(13-4-1)33-22-24-34(25-23-33)44-31-45(35-26-27-39-38-17-8-10-21-47(38)56-48(39)30-35)54-52(53-44)43-19-11-18-41-42-29-28-40-37-16-7-9-20-46(37)55(36-14-5-2-6-15-36)49(40)51(42)57-50(41)43/h1-31H. The Labute approximate surface area is 336 Å². The van der Waals surface area contributed by atoms with Crippen molar-refractivity contribution < 1.29 is 0 Å². The van der Waals surface area contributed by atoms with Gasteiger partial charge >= 0.3 is 0 Å². The zero-order chi connectivity index (χ0) is 37.5. The van der Waals surface area contributed by atoms with Crippen LogP contribution < -0.4 is 0 Å². The molecular weight excluding hydrogens is 731 g/mol. The van der Waals surface area contributed by atoms with Crippen molar-refractivity contribution in [3.8, 4) is 50.7 Å². The van der Waals surface area contributed by atoms with Gasteiger partial charge in [-0.05, 0) is 53.6 Å². The lowest BCUT2D eigenvalue weighted by Crippen LogP contribution is -1.96. The number of hydrogen-bond acceptors (Lipinski definition) is 4. The van der Waals surface area contributed by atoms with Gasteiger partial charge in [0.25, 0.3) is 0 Å². The van der Waals surface area contributed by atoms with Gasteiger partial charge in [0.05, 0.1) is 27.1 Å². The molecule has 5 heteroatoms. The Morgan fingerprint density at radius 3 is 1.81 bits per heavy atom. The average Bonchev–Trinajstić information content (AvgIpc) is 3.96. The van der Waals surface area contributed by atoms with Crippen molar-refractivity contribution in [1.82, 2.24) is 14.5 Å². The van der Waals surface area contributed by atoms with Crippen LogP contribution in [0.1, 0.15) is 0 Å². The summed E-state index contributed by atoms with van der Waals surface area (Å²) in [6.07, 6.45) is 0. The van der Waals surface area contributed by atoms with E-state index in [0.29, 0.717) is 0 Å². The molecule has 0 amide bonds. The number of hydrogen-bond donors (Lipinski definition) is 0. The molecule has 0 fully saturated rings. The molecule has 0 aliphatic carbocycles. The van der Waals surface area contributed by atoms with Crippen LogP contribution in [0, 0.1) is 0 Å². The Balaban J connectivity index is 1.09. The van der Waals surface area contributed by atoms with Crippen molar-refractivity contribution in [3.63, 3.8) is 0 Å². The lowest BCUT2D eigenvalue weighted by Gasteiger charge is -2.11. The lowest BCUT2D eigenvalue weighted by atomic mass is 10.0. The summed E-state index contributed by atoms with van der Waals surface area (Å²) in [4.78, 5) is 10.8. The highest BCUT2D eigenvalue weighted by Gasteiger charge is 2.21. The van der Waals surface area contributed by atoms with Gasteiger partial charge in [-0.25, -0.2) is 9.97 Å². The van der Waals surface area contributed by atoms with Gasteiger partial charge in [-0.15, -0.1) is 22.7 Å². The third-order valence-electron chi connectivity index (χ3n) is 11.2. The molecule has 266 valence electrons. The van der Waals surface area contributed by atoms with E-state index in [-0.39, 0.29) is 0 Å². The van der Waals surface area contributed by atoms with Crippen molar-refractivity contribution >= 4 is 84.8 Å². The summed E-state index contributed by atoms with van der Waals surface area (Å²) in [5.41, 5.74) is 11.0. The molecule has 0 bridgehead atoms. The van der Waals surface area contributed by atoms with Gasteiger partial charge in [0.15, 0.2) is 5.82 Å². The molecule has 0 spiro atoms.